The molecule has 8 heteroatoms. The van der Waals surface area contributed by atoms with Crippen molar-refractivity contribution in [1.29, 1.82) is 0 Å². The molecule has 0 aliphatic rings. The summed E-state index contributed by atoms with van der Waals surface area (Å²) in [7, 11) is 0. The summed E-state index contributed by atoms with van der Waals surface area (Å²) in [5.41, 5.74) is 0.299. The minimum atomic E-state index is -0.385. The fraction of sp³-hybridized carbons (Fsp3) is 0.167. The summed E-state index contributed by atoms with van der Waals surface area (Å²) in [5, 5.41) is 0. The number of ether oxygens (including phenoxy) is 1. The van der Waals surface area contributed by atoms with Crippen LogP contribution in [0.2, 0.25) is 0 Å². The van der Waals surface area contributed by atoms with Gasteiger partial charge in [0.15, 0.2) is 11.2 Å². The van der Waals surface area contributed by atoms with Crippen molar-refractivity contribution in [3.63, 3.8) is 0 Å². The molecule has 3 rings (SSSR count). The first kappa shape index (κ1) is 12.2. The number of aromatic nitrogens is 4. The second-order valence-electron chi connectivity index (χ2n) is 4.04. The van der Waals surface area contributed by atoms with Crippen LogP contribution in [0, 0.1) is 0 Å². The number of rotatable bonds is 3. The number of nitrogens with one attached hydrogen (secondary N) is 1. The molecule has 0 saturated heterocycles. The topological polar surface area (TPSA) is 103 Å². The molecule has 0 unspecified atom stereocenters. The molecule has 0 aromatic carbocycles. The SMILES string of the molecule is CC(=O)OCc1ccc(-n2cnc3c(=O)[nH]cnc32)o1. The predicted octanol–water partition coefficient (Wildman–Crippen LogP) is 0.765. The molecule has 0 aliphatic carbocycles. The minimum absolute atomic E-state index is 0.0516. The van der Waals surface area contributed by atoms with Gasteiger partial charge in [0.1, 0.15) is 18.7 Å². The van der Waals surface area contributed by atoms with Gasteiger partial charge >= 0.3 is 5.97 Å². The average Bonchev–Trinajstić information content (AvgIpc) is 3.02. The van der Waals surface area contributed by atoms with E-state index in [9.17, 15) is 9.59 Å². The van der Waals surface area contributed by atoms with Gasteiger partial charge in [-0.1, -0.05) is 0 Å². The highest BCUT2D eigenvalue weighted by Crippen LogP contribution is 2.17. The molecule has 3 aromatic heterocycles. The standard InChI is InChI=1S/C12H10N4O4/c1-7(17)19-4-8-2-3-9(20-8)16-6-15-10-11(16)13-5-14-12(10)18/h2-3,5-6H,4H2,1H3,(H,13,14,18). The first-order valence-electron chi connectivity index (χ1n) is 5.78. The molecule has 0 atom stereocenters. The van der Waals surface area contributed by atoms with Crippen LogP contribution in [-0.4, -0.2) is 25.5 Å². The number of aromatic amines is 1. The minimum Gasteiger partial charge on any atom is -0.458 e. The van der Waals surface area contributed by atoms with Crippen molar-refractivity contribution < 1.29 is 13.9 Å². The van der Waals surface area contributed by atoms with E-state index < -0.39 is 0 Å². The van der Waals surface area contributed by atoms with Gasteiger partial charge in [-0.05, 0) is 6.07 Å². The van der Waals surface area contributed by atoms with Gasteiger partial charge in [-0.2, -0.15) is 0 Å². The van der Waals surface area contributed by atoms with Gasteiger partial charge in [-0.25, -0.2) is 9.97 Å². The highest BCUT2D eigenvalue weighted by atomic mass is 16.5. The number of fused-ring (bicyclic) bond motifs is 1. The van der Waals surface area contributed by atoms with E-state index >= 15 is 0 Å². The molecular formula is C12H10N4O4. The molecule has 0 radical (unpaired) electrons. The van der Waals surface area contributed by atoms with E-state index in [-0.39, 0.29) is 23.7 Å². The largest absolute Gasteiger partial charge is 0.458 e. The molecule has 0 saturated carbocycles. The quantitative estimate of drug-likeness (QED) is 0.707. The van der Waals surface area contributed by atoms with Crippen LogP contribution < -0.4 is 5.56 Å². The zero-order valence-corrected chi connectivity index (χ0v) is 10.5. The van der Waals surface area contributed by atoms with Crippen molar-refractivity contribution in [3.05, 3.63) is 40.9 Å². The van der Waals surface area contributed by atoms with Crippen LogP contribution in [0.25, 0.3) is 17.0 Å². The lowest BCUT2D eigenvalue weighted by Crippen LogP contribution is -2.06. The van der Waals surface area contributed by atoms with Crippen molar-refractivity contribution in [2.24, 2.45) is 0 Å². The lowest BCUT2D eigenvalue weighted by Gasteiger charge is -1.99. The second kappa shape index (κ2) is 4.65. The Morgan fingerprint density at radius 3 is 3.10 bits per heavy atom. The van der Waals surface area contributed by atoms with E-state index in [1.54, 1.807) is 16.7 Å². The Kier molecular flexibility index (Phi) is 2.82. The first-order valence-corrected chi connectivity index (χ1v) is 5.78. The number of hydrogen-bond donors (Lipinski definition) is 1. The Balaban J connectivity index is 1.97. The van der Waals surface area contributed by atoms with Gasteiger partial charge in [-0.15, -0.1) is 0 Å². The van der Waals surface area contributed by atoms with E-state index in [0.29, 0.717) is 17.3 Å². The zero-order valence-electron chi connectivity index (χ0n) is 10.5. The van der Waals surface area contributed by atoms with Gasteiger partial charge in [0.2, 0.25) is 5.88 Å². The number of carbonyl (C=O) groups is 1. The monoisotopic (exact) mass is 274 g/mol. The van der Waals surface area contributed by atoms with Gasteiger partial charge in [0.05, 0.1) is 6.33 Å². The van der Waals surface area contributed by atoms with E-state index in [2.05, 4.69) is 15.0 Å². The Hall–Kier alpha value is -2.90. The Morgan fingerprint density at radius 2 is 2.30 bits per heavy atom. The predicted molar refractivity (Wildman–Crippen MR) is 67.2 cm³/mol. The van der Waals surface area contributed by atoms with Crippen molar-refractivity contribution in [3.8, 4) is 5.88 Å². The van der Waals surface area contributed by atoms with Gasteiger partial charge in [0.25, 0.3) is 5.56 Å². The third-order valence-electron chi connectivity index (χ3n) is 2.64. The molecule has 0 amide bonds. The molecule has 0 bridgehead atoms. The summed E-state index contributed by atoms with van der Waals surface area (Å²) in [5.74, 6) is 0.541. The van der Waals surface area contributed by atoms with Crippen LogP contribution in [0.1, 0.15) is 12.7 Å². The van der Waals surface area contributed by atoms with Crippen LogP contribution >= 0.6 is 0 Å². The third kappa shape index (κ3) is 2.07. The average molecular weight is 274 g/mol. The molecule has 0 spiro atoms. The summed E-state index contributed by atoms with van der Waals surface area (Å²) in [6.07, 6.45) is 2.74. The van der Waals surface area contributed by atoms with Gasteiger partial charge in [0, 0.05) is 13.0 Å². The number of H-pyrrole nitrogens is 1. The molecule has 102 valence electrons. The zero-order chi connectivity index (χ0) is 14.1. The smallest absolute Gasteiger partial charge is 0.303 e. The van der Waals surface area contributed by atoms with Crippen molar-refractivity contribution in [2.75, 3.05) is 0 Å². The maximum Gasteiger partial charge on any atom is 0.303 e. The molecule has 1 N–H and O–H groups in total. The number of carbonyl (C=O) groups excluding carboxylic acids is 1. The summed E-state index contributed by atoms with van der Waals surface area (Å²) in [4.78, 5) is 32.8. The van der Waals surface area contributed by atoms with Gasteiger partial charge in [-0.3, -0.25) is 14.2 Å². The van der Waals surface area contributed by atoms with Crippen molar-refractivity contribution in [1.82, 2.24) is 19.5 Å². The van der Waals surface area contributed by atoms with Crippen molar-refractivity contribution in [2.45, 2.75) is 13.5 Å². The van der Waals surface area contributed by atoms with Crippen LogP contribution in [0.3, 0.4) is 0 Å². The van der Waals surface area contributed by atoms with Crippen LogP contribution in [0.5, 0.6) is 0 Å². The molecular weight excluding hydrogens is 264 g/mol. The number of imidazole rings is 1. The van der Waals surface area contributed by atoms with Crippen LogP contribution in [0.4, 0.5) is 0 Å². The highest BCUT2D eigenvalue weighted by Gasteiger charge is 2.12. The first-order chi connectivity index (χ1) is 9.65. The van der Waals surface area contributed by atoms with Gasteiger partial charge < -0.3 is 14.1 Å². The Bertz CT molecular complexity index is 829. The van der Waals surface area contributed by atoms with E-state index in [1.807, 2.05) is 0 Å². The maximum atomic E-state index is 11.5. The number of esters is 1. The molecule has 0 aliphatic heterocycles. The second-order valence-corrected chi connectivity index (χ2v) is 4.04. The lowest BCUT2D eigenvalue weighted by atomic mass is 10.5. The van der Waals surface area contributed by atoms with E-state index in [0.717, 1.165) is 0 Å². The van der Waals surface area contributed by atoms with Crippen LogP contribution in [0.15, 0.2) is 34.0 Å². The molecule has 3 heterocycles. The number of nitrogens with zero attached hydrogens (tertiary/aromatic N) is 3. The Labute approximate surface area is 112 Å². The summed E-state index contributed by atoms with van der Waals surface area (Å²) < 4.78 is 11.9. The normalized spacial score (nSPS) is 10.8. The number of furan rings is 1. The summed E-state index contributed by atoms with van der Waals surface area (Å²) in [6.45, 7) is 1.37. The summed E-state index contributed by atoms with van der Waals surface area (Å²) >= 11 is 0. The Morgan fingerprint density at radius 1 is 1.45 bits per heavy atom. The lowest BCUT2D eigenvalue weighted by molar-refractivity contribution is -0.142. The van der Waals surface area contributed by atoms with Crippen molar-refractivity contribution >= 4 is 17.1 Å². The maximum absolute atomic E-state index is 11.5. The molecule has 8 nitrogen and oxygen atoms in total. The molecule has 20 heavy (non-hydrogen) atoms. The molecule has 3 aromatic rings. The van der Waals surface area contributed by atoms with Crippen LogP contribution in [-0.2, 0) is 16.1 Å². The van der Waals surface area contributed by atoms with E-state index in [4.69, 9.17) is 9.15 Å². The summed E-state index contributed by atoms with van der Waals surface area (Å²) in [6, 6.07) is 3.36. The fourth-order valence-corrected chi connectivity index (χ4v) is 1.75. The highest BCUT2D eigenvalue weighted by molar-refractivity contribution is 5.70. The third-order valence-corrected chi connectivity index (χ3v) is 2.64. The molecule has 0 fully saturated rings. The van der Waals surface area contributed by atoms with E-state index in [1.165, 1.54) is 19.6 Å². The fourth-order valence-electron chi connectivity index (χ4n) is 1.75. The number of hydrogen-bond acceptors (Lipinski definition) is 6.